The molecule has 1 atom stereocenters. The van der Waals surface area contributed by atoms with Gasteiger partial charge in [-0.25, -0.2) is 4.39 Å². The zero-order chi connectivity index (χ0) is 22.2. The Balaban J connectivity index is 1.64. The summed E-state index contributed by atoms with van der Waals surface area (Å²) < 4.78 is 13.8. The Morgan fingerprint density at radius 3 is 2.30 bits per heavy atom. The van der Waals surface area contributed by atoms with Crippen LogP contribution in [0.25, 0.3) is 39.2 Å². The molecule has 1 fully saturated rings. The maximum absolute atomic E-state index is 13.8. The first kappa shape index (κ1) is 20.1. The van der Waals surface area contributed by atoms with Crippen LogP contribution in [0.1, 0.15) is 24.8 Å². The average molecular weight is 436 g/mol. The van der Waals surface area contributed by atoms with E-state index in [9.17, 15) is 4.39 Å². The van der Waals surface area contributed by atoms with Gasteiger partial charge < -0.3 is 4.98 Å². The Morgan fingerprint density at radius 2 is 1.52 bits per heavy atom. The quantitative estimate of drug-likeness (QED) is 0.382. The van der Waals surface area contributed by atoms with Gasteiger partial charge in [0, 0.05) is 36.1 Å². The molecule has 0 aliphatic carbocycles. The summed E-state index contributed by atoms with van der Waals surface area (Å²) in [7, 11) is 0. The highest BCUT2D eigenvalue weighted by molar-refractivity contribution is 5.98. The third-order valence-electron chi connectivity index (χ3n) is 6.96. The maximum Gasteiger partial charge on any atom is 0.123 e. The van der Waals surface area contributed by atoms with Crippen LogP contribution in [0, 0.1) is 5.82 Å². The van der Waals surface area contributed by atoms with E-state index in [1.54, 1.807) is 0 Å². The van der Waals surface area contributed by atoms with E-state index >= 15 is 0 Å². The zero-order valence-electron chi connectivity index (χ0n) is 18.5. The first-order chi connectivity index (χ1) is 16.3. The molecule has 0 amide bonds. The van der Waals surface area contributed by atoms with Crippen molar-refractivity contribution in [2.24, 2.45) is 0 Å². The molecule has 164 valence electrons. The second kappa shape index (κ2) is 8.45. The number of aromatic amines is 1. The number of nitrogens with one attached hydrogen (secondary N) is 1. The Bertz CT molecular complexity index is 1290. The third kappa shape index (κ3) is 3.70. The molecule has 4 aromatic rings. The normalized spacial score (nSPS) is 18.2. The van der Waals surface area contributed by atoms with Gasteiger partial charge in [0.2, 0.25) is 0 Å². The topological polar surface area (TPSA) is 31.9 Å². The first-order valence-corrected chi connectivity index (χ1v) is 11.7. The van der Waals surface area contributed by atoms with Crippen LogP contribution in [-0.4, -0.2) is 34.0 Å². The molecule has 1 unspecified atom stereocenters. The number of benzene rings is 2. The lowest BCUT2D eigenvalue weighted by atomic mass is 9.88. The van der Waals surface area contributed by atoms with Crippen molar-refractivity contribution < 1.29 is 4.39 Å². The Kier molecular flexibility index (Phi) is 5.16. The first-order valence-electron chi connectivity index (χ1n) is 11.7. The molecule has 1 saturated heterocycles. The molecule has 0 spiro atoms. The van der Waals surface area contributed by atoms with Crippen molar-refractivity contribution in [2.75, 3.05) is 13.1 Å². The molecule has 3 nitrogen and oxygen atoms in total. The summed E-state index contributed by atoms with van der Waals surface area (Å²) in [4.78, 5) is 10.6. The van der Waals surface area contributed by atoms with Crippen molar-refractivity contribution in [1.82, 2.24) is 14.9 Å². The van der Waals surface area contributed by atoms with Crippen LogP contribution in [0.3, 0.4) is 0 Å². The number of nitrogens with zero attached hydrogens (tertiary/aromatic N) is 2. The van der Waals surface area contributed by atoms with Crippen LogP contribution in [0.4, 0.5) is 4.39 Å². The highest BCUT2D eigenvalue weighted by atomic mass is 19.1. The molecule has 1 N–H and O–H groups in total. The summed E-state index contributed by atoms with van der Waals surface area (Å²) in [5.41, 5.74) is 9.22. The molecule has 4 heteroatoms. The highest BCUT2D eigenvalue weighted by Gasteiger charge is 2.30. The lowest BCUT2D eigenvalue weighted by Gasteiger charge is -2.29. The minimum absolute atomic E-state index is 0.226. The molecule has 33 heavy (non-hydrogen) atoms. The summed E-state index contributed by atoms with van der Waals surface area (Å²) in [5, 5.41) is 0. The van der Waals surface area contributed by atoms with E-state index < -0.39 is 0 Å². The number of hydrogen-bond acceptors (Lipinski definition) is 2. The van der Waals surface area contributed by atoms with Crippen LogP contribution in [0.2, 0.25) is 0 Å². The fourth-order valence-corrected chi connectivity index (χ4v) is 5.39. The van der Waals surface area contributed by atoms with Crippen molar-refractivity contribution in [1.29, 1.82) is 0 Å². The number of hydrogen-bond donors (Lipinski definition) is 1. The van der Waals surface area contributed by atoms with E-state index in [-0.39, 0.29) is 5.82 Å². The molecule has 2 aromatic carbocycles. The lowest BCUT2D eigenvalue weighted by molar-refractivity contribution is 0.288. The molecule has 6 rings (SSSR count). The van der Waals surface area contributed by atoms with Crippen LogP contribution in [0.15, 0.2) is 85.2 Å². The van der Waals surface area contributed by atoms with Crippen molar-refractivity contribution in [3.8, 4) is 33.6 Å². The number of H-pyrrole nitrogens is 1. The molecular formula is C29H26FN3. The van der Waals surface area contributed by atoms with Gasteiger partial charge in [-0.2, -0.15) is 0 Å². The van der Waals surface area contributed by atoms with Crippen molar-refractivity contribution in [3.05, 3.63) is 96.6 Å². The van der Waals surface area contributed by atoms with Crippen LogP contribution >= 0.6 is 0 Å². The molecule has 0 bridgehead atoms. The molecule has 2 aromatic heterocycles. The largest absolute Gasteiger partial charge is 0.354 e. The number of halogens is 1. The van der Waals surface area contributed by atoms with Crippen LogP contribution in [-0.2, 0) is 0 Å². The van der Waals surface area contributed by atoms with Gasteiger partial charge in [-0.15, -0.1) is 0 Å². The smallest absolute Gasteiger partial charge is 0.123 e. The predicted octanol–water partition coefficient (Wildman–Crippen LogP) is 6.80. The Hall–Kier alpha value is -3.50. The fourth-order valence-electron chi connectivity index (χ4n) is 5.39. The van der Waals surface area contributed by atoms with Crippen LogP contribution in [0.5, 0.6) is 0 Å². The fraction of sp³-hybridized carbons (Fsp3) is 0.207. The summed E-state index contributed by atoms with van der Waals surface area (Å²) >= 11 is 0. The zero-order valence-corrected chi connectivity index (χ0v) is 18.5. The number of pyridine rings is 1. The van der Waals surface area contributed by atoms with Gasteiger partial charge in [0.05, 0.1) is 11.4 Å². The van der Waals surface area contributed by atoms with E-state index in [2.05, 4.69) is 57.3 Å². The second-order valence-electron chi connectivity index (χ2n) is 8.92. The highest BCUT2D eigenvalue weighted by Crippen LogP contribution is 2.46. The minimum atomic E-state index is -0.226. The molecule has 2 aliphatic rings. The van der Waals surface area contributed by atoms with Gasteiger partial charge in [-0.1, -0.05) is 36.4 Å². The molecule has 4 heterocycles. The van der Waals surface area contributed by atoms with Crippen molar-refractivity contribution >= 4 is 5.57 Å². The van der Waals surface area contributed by atoms with E-state index in [0.29, 0.717) is 6.04 Å². The van der Waals surface area contributed by atoms with Gasteiger partial charge in [-0.3, -0.25) is 9.88 Å². The van der Waals surface area contributed by atoms with Crippen LogP contribution < -0.4 is 0 Å². The molecule has 2 aliphatic heterocycles. The SMILES string of the molecule is Fc1ccc(-c2[nH]c(-c3ccccc3)c(C3=CC4CCCN4CC3)c2-c2ccncc2)cc1. The predicted molar refractivity (Wildman–Crippen MR) is 132 cm³/mol. The van der Waals surface area contributed by atoms with E-state index in [0.717, 1.165) is 41.0 Å². The van der Waals surface area contributed by atoms with Gasteiger partial charge >= 0.3 is 0 Å². The monoisotopic (exact) mass is 435 g/mol. The van der Waals surface area contributed by atoms with E-state index in [1.807, 2.05) is 30.6 Å². The summed E-state index contributed by atoms with van der Waals surface area (Å²) in [6.07, 6.45) is 9.70. The molecule has 0 saturated carbocycles. The summed E-state index contributed by atoms with van der Waals surface area (Å²) in [6.45, 7) is 2.29. The summed E-state index contributed by atoms with van der Waals surface area (Å²) in [5.74, 6) is -0.226. The van der Waals surface area contributed by atoms with Gasteiger partial charge in [0.25, 0.3) is 0 Å². The van der Waals surface area contributed by atoms with Crippen molar-refractivity contribution in [3.63, 3.8) is 0 Å². The second-order valence-corrected chi connectivity index (χ2v) is 8.92. The number of aromatic nitrogens is 2. The Morgan fingerprint density at radius 1 is 0.788 bits per heavy atom. The van der Waals surface area contributed by atoms with Crippen molar-refractivity contribution in [2.45, 2.75) is 25.3 Å². The maximum atomic E-state index is 13.8. The number of fused-ring (bicyclic) bond motifs is 1. The summed E-state index contributed by atoms with van der Waals surface area (Å²) in [6, 6.07) is 22.0. The standard InChI is InChI=1S/C29H26FN3/c30-24-10-8-22(9-11-24)29-26(20-12-15-31-16-13-20)27(28(32-29)21-5-2-1-3-6-21)23-14-18-33-17-4-7-25(33)19-23/h1-3,5-6,8-13,15-16,19,25,32H,4,7,14,17-18H2. The third-order valence-corrected chi connectivity index (χ3v) is 6.96. The minimum Gasteiger partial charge on any atom is -0.354 e. The number of rotatable bonds is 4. The average Bonchev–Trinajstić information content (AvgIpc) is 3.50. The van der Waals surface area contributed by atoms with Gasteiger partial charge in [0.15, 0.2) is 0 Å². The van der Waals surface area contributed by atoms with E-state index in [1.165, 1.54) is 48.2 Å². The molecular weight excluding hydrogens is 409 g/mol. The van der Waals surface area contributed by atoms with E-state index in [4.69, 9.17) is 0 Å². The van der Waals surface area contributed by atoms with Gasteiger partial charge in [0.1, 0.15) is 5.82 Å². The van der Waals surface area contributed by atoms with Gasteiger partial charge in [-0.05, 0) is 84.5 Å². The molecule has 0 radical (unpaired) electrons. The Labute approximate surface area is 193 Å². The lowest BCUT2D eigenvalue weighted by Crippen LogP contribution is -2.32.